The summed E-state index contributed by atoms with van der Waals surface area (Å²) in [7, 11) is 0. The highest BCUT2D eigenvalue weighted by atomic mass is 16.5. The van der Waals surface area contributed by atoms with Crippen LogP contribution >= 0.6 is 0 Å². The lowest BCUT2D eigenvalue weighted by Gasteiger charge is -2.26. The van der Waals surface area contributed by atoms with E-state index >= 15 is 0 Å². The van der Waals surface area contributed by atoms with Gasteiger partial charge >= 0.3 is 11.9 Å². The molecule has 0 aromatic heterocycles. The molecule has 1 rings (SSSR count). The molecule has 101 heavy (non-hydrogen) atoms. The minimum absolute atomic E-state index is 0.0688. The van der Waals surface area contributed by atoms with Crippen LogP contribution in [0.25, 0.3) is 0 Å². The quantitative estimate of drug-likeness (QED) is 0.0252. The number of carboxylic acid groups (broad SMARTS) is 2. The second kappa shape index (κ2) is 53.6. The average molecular weight is 1450 g/mol. The van der Waals surface area contributed by atoms with Crippen molar-refractivity contribution in [1.82, 2.24) is 79.8 Å². The van der Waals surface area contributed by atoms with Gasteiger partial charge in [-0.2, -0.15) is 0 Å². The number of ether oxygens (including phenoxy) is 1. The van der Waals surface area contributed by atoms with Gasteiger partial charge in [-0.05, 0) is 70.6 Å². The lowest BCUT2D eigenvalue weighted by atomic mass is 9.87. The van der Waals surface area contributed by atoms with Gasteiger partial charge < -0.3 is 121 Å². The molecule has 15 amide bonds. The number of nitrogens with two attached hydrogens (primary N) is 1. The summed E-state index contributed by atoms with van der Waals surface area (Å²) >= 11 is 0. The topological polar surface area (TPSA) is 627 Å². The van der Waals surface area contributed by atoms with E-state index < -0.39 is 216 Å². The van der Waals surface area contributed by atoms with Crippen molar-refractivity contribution in [2.24, 2.45) is 11.7 Å². The van der Waals surface area contributed by atoms with Gasteiger partial charge in [0, 0.05) is 32.5 Å². The number of unbranched alkanes of at least 4 members (excludes halogenated alkanes) is 9. The van der Waals surface area contributed by atoms with E-state index in [0.717, 1.165) is 70.6 Å². The van der Waals surface area contributed by atoms with Crippen LogP contribution in [-0.2, 0) is 86.2 Å². The first-order chi connectivity index (χ1) is 48.2. The highest BCUT2D eigenvalue weighted by molar-refractivity contribution is 5.97. The zero-order chi connectivity index (χ0) is 75.5. The molecule has 0 bridgehead atoms. The van der Waals surface area contributed by atoms with Crippen LogP contribution in [0.5, 0.6) is 0 Å². The van der Waals surface area contributed by atoms with Crippen molar-refractivity contribution in [3.63, 3.8) is 0 Å². The maximum atomic E-state index is 12.7. The van der Waals surface area contributed by atoms with Crippen LogP contribution in [0.15, 0.2) is 0 Å². The molecule has 0 aliphatic heterocycles. The largest absolute Gasteiger partial charge is 0.481 e. The van der Waals surface area contributed by atoms with Crippen LogP contribution in [0.1, 0.15) is 135 Å². The molecule has 0 unspecified atom stereocenters. The van der Waals surface area contributed by atoms with Crippen LogP contribution in [0, 0.1) is 5.92 Å². The summed E-state index contributed by atoms with van der Waals surface area (Å²) in [6.07, 6.45) is 12.5. The number of carbonyl (C=O) groups is 17. The summed E-state index contributed by atoms with van der Waals surface area (Å²) in [5.41, 5.74) is 5.87. The number of hydrogen-bond acceptors (Lipinski definition) is 23. The fraction of sp³-hybridized carbons (Fsp3) is 0.721. The highest BCUT2D eigenvalue weighted by Crippen LogP contribution is 2.26. The van der Waals surface area contributed by atoms with Gasteiger partial charge in [0.25, 0.3) is 0 Å². The van der Waals surface area contributed by atoms with E-state index in [1.807, 2.05) is 6.92 Å². The number of rotatable bonds is 55. The molecule has 40 heteroatoms. The average Bonchev–Trinajstić information content (AvgIpc) is 0.950. The van der Waals surface area contributed by atoms with Gasteiger partial charge in [0.15, 0.2) is 0 Å². The molecule has 0 heterocycles. The lowest BCUT2D eigenvalue weighted by Crippen LogP contribution is -2.55. The van der Waals surface area contributed by atoms with E-state index in [2.05, 4.69) is 79.8 Å². The van der Waals surface area contributed by atoms with Crippen LogP contribution in [0.2, 0.25) is 0 Å². The van der Waals surface area contributed by atoms with Crippen LogP contribution < -0.4 is 85.5 Å². The molecule has 0 aromatic carbocycles. The fourth-order valence-electron chi connectivity index (χ4n) is 9.31. The summed E-state index contributed by atoms with van der Waals surface area (Å²) < 4.78 is 5.90. The van der Waals surface area contributed by atoms with E-state index in [1.54, 1.807) is 0 Å². The first-order valence-electron chi connectivity index (χ1n) is 33.6. The van der Waals surface area contributed by atoms with Gasteiger partial charge in [-0.25, -0.2) is 4.79 Å². The molecule has 1 saturated carbocycles. The van der Waals surface area contributed by atoms with E-state index in [0.29, 0.717) is 51.7 Å². The second-order valence-corrected chi connectivity index (χ2v) is 23.5. The molecular weight excluding hydrogens is 1340 g/mol. The molecule has 0 saturated heterocycles. The zero-order valence-corrected chi connectivity index (χ0v) is 57.0. The van der Waals surface area contributed by atoms with Gasteiger partial charge in [-0.15, -0.1) is 0 Å². The maximum Gasteiger partial charge on any atom is 0.326 e. The number of aliphatic hydroxyl groups excluding tert-OH is 4. The Labute approximate surface area is 583 Å². The van der Waals surface area contributed by atoms with Crippen molar-refractivity contribution in [2.45, 2.75) is 178 Å². The number of nitrogens with one attached hydrogen (secondary N) is 15. The third kappa shape index (κ3) is 43.1. The molecule has 40 nitrogen and oxygen atoms in total. The maximum absolute atomic E-state index is 12.7. The van der Waals surface area contributed by atoms with E-state index in [1.165, 1.54) is 0 Å². The number of carbonyl (C=O) groups excluding carboxylic acids is 15. The molecular formula is C61H104N16O24. The van der Waals surface area contributed by atoms with Gasteiger partial charge in [-0.3, -0.25) is 76.7 Å². The number of hydrogen-bond donors (Lipinski definition) is 22. The standard InChI is InChI=1S/C61H104N16O24/c1-2-3-22-64-55(92)39(62)14-11-12-23-63-47(84)27-69-57(94)42(34-79)75-52(89)30-67-49(86)26-66-51(88)29-71-58(95)43(35-80)77-54(91)32-72-59(96)44(36-81)76-53(90)31-68-48(85)25-65-50(87)28-70-56(93)41(33-78)74-46(83)21-20-40(61(99)100)73-45(82)15-10-8-6-4-5-7-9-13-24-101-38-18-16-37(17-19-38)60(97)98/h37-44,78-81H,2-36,62H2,1H3,(H,63,84)(H,64,92)(H,65,87)(H,66,88)(H,67,86)(H,68,85)(H,69,94)(H,70,93)(H,71,95)(H,72,96)(H,73,82)(H,74,83)(H,75,89)(H,76,90)(H,77,91)(H,97,98)(H,99,100)/t37?,38?,39-,40-,41-,42-,43-,44-/m0/s1. The Morgan fingerprint density at radius 3 is 1.11 bits per heavy atom. The third-order valence-electron chi connectivity index (χ3n) is 15.2. The van der Waals surface area contributed by atoms with Crippen molar-refractivity contribution < 1.29 is 117 Å². The summed E-state index contributed by atoms with van der Waals surface area (Å²) in [6.45, 7) is -6.39. The van der Waals surface area contributed by atoms with Gasteiger partial charge in [0.2, 0.25) is 88.6 Å². The number of carboxylic acids is 2. The molecule has 0 radical (unpaired) electrons. The van der Waals surface area contributed by atoms with Crippen LogP contribution in [0.3, 0.4) is 0 Å². The SMILES string of the molecule is CCCCNC(=O)[C@@H](N)CCCCNC(=O)CNC(=O)[C@H](CO)NC(=O)CNC(=O)CNC(=O)CNC(=O)[C@H](CO)NC(=O)CNC(=O)[C@H](CO)NC(=O)CNC(=O)CNC(=O)CNC(=O)[C@H](CO)NC(=O)CC[C@H](NC(=O)CCCCCCCCCCOC1CCC(C(=O)O)CC1)C(=O)O. The Morgan fingerprint density at radius 1 is 0.356 bits per heavy atom. The van der Waals surface area contributed by atoms with E-state index in [-0.39, 0.29) is 37.3 Å². The first kappa shape index (κ1) is 89.8. The molecule has 23 N–H and O–H groups in total. The van der Waals surface area contributed by atoms with Gasteiger partial charge in [0.1, 0.15) is 30.2 Å². The predicted molar refractivity (Wildman–Crippen MR) is 353 cm³/mol. The minimum atomic E-state index is -1.70. The van der Waals surface area contributed by atoms with Crippen LogP contribution in [-0.4, -0.2) is 272 Å². The van der Waals surface area contributed by atoms with Gasteiger partial charge in [-0.1, -0.05) is 51.9 Å². The van der Waals surface area contributed by atoms with Crippen molar-refractivity contribution >= 4 is 101 Å². The Balaban J connectivity index is 2.31. The van der Waals surface area contributed by atoms with Crippen LogP contribution in [0.4, 0.5) is 0 Å². The molecule has 1 fully saturated rings. The first-order valence-corrected chi connectivity index (χ1v) is 33.6. The summed E-state index contributed by atoms with van der Waals surface area (Å²) in [4.78, 5) is 209. The Hall–Kier alpha value is -9.25. The molecule has 572 valence electrons. The predicted octanol–water partition coefficient (Wildman–Crippen LogP) is -9.12. The summed E-state index contributed by atoms with van der Waals surface area (Å²) in [5.74, 6) is -15.6. The fourth-order valence-corrected chi connectivity index (χ4v) is 9.31. The number of amides is 15. The Bertz CT molecular complexity index is 2700. The minimum Gasteiger partial charge on any atom is -0.481 e. The highest BCUT2D eigenvalue weighted by Gasteiger charge is 2.29. The van der Waals surface area contributed by atoms with Crippen molar-refractivity contribution in [1.29, 1.82) is 0 Å². The summed E-state index contributed by atoms with van der Waals surface area (Å²) in [6, 6.07) is -8.60. The molecule has 0 spiro atoms. The smallest absolute Gasteiger partial charge is 0.326 e. The molecule has 1 aliphatic rings. The van der Waals surface area contributed by atoms with Crippen molar-refractivity contribution in [3.8, 4) is 0 Å². The van der Waals surface area contributed by atoms with E-state index in [4.69, 9.17) is 15.6 Å². The third-order valence-corrected chi connectivity index (χ3v) is 15.2. The normalized spacial score (nSPS) is 14.9. The number of aliphatic carboxylic acids is 2. The van der Waals surface area contributed by atoms with Crippen molar-refractivity contribution in [2.75, 3.05) is 98.5 Å². The summed E-state index contributed by atoms with van der Waals surface area (Å²) in [5, 5.41) is 90.7. The molecule has 6 atom stereocenters. The monoisotopic (exact) mass is 1440 g/mol. The lowest BCUT2D eigenvalue weighted by molar-refractivity contribution is -0.144. The number of aliphatic hydroxyl groups is 4. The zero-order valence-electron chi connectivity index (χ0n) is 57.0. The van der Waals surface area contributed by atoms with E-state index in [9.17, 15) is 107 Å². The molecule has 1 aliphatic carbocycles. The van der Waals surface area contributed by atoms with Crippen molar-refractivity contribution in [3.05, 3.63) is 0 Å². The Kier molecular flexibility index (Phi) is 47.7. The molecule has 0 aromatic rings. The van der Waals surface area contributed by atoms with Gasteiger partial charge in [0.05, 0.1) is 96.8 Å². The second-order valence-electron chi connectivity index (χ2n) is 23.5. The Morgan fingerprint density at radius 2 is 0.703 bits per heavy atom.